The second kappa shape index (κ2) is 6.63. The first kappa shape index (κ1) is 15.6. The Bertz CT molecular complexity index is 494. The van der Waals surface area contributed by atoms with E-state index in [4.69, 9.17) is 28.3 Å². The van der Waals surface area contributed by atoms with Crippen LogP contribution >= 0.6 is 23.2 Å². The number of aliphatic carboxylic acids is 1. The van der Waals surface area contributed by atoms with Crippen LogP contribution in [-0.2, 0) is 4.79 Å². The lowest BCUT2D eigenvalue weighted by molar-refractivity contribution is -0.141. The highest BCUT2D eigenvalue weighted by Crippen LogP contribution is 2.25. The molecule has 104 valence electrons. The molecule has 0 fully saturated rings. The monoisotopic (exact) mass is 304 g/mol. The summed E-state index contributed by atoms with van der Waals surface area (Å²) in [6.45, 7) is 1.63. The second-order valence-electron chi connectivity index (χ2n) is 4.17. The number of hydrogen-bond acceptors (Lipinski definition) is 2. The summed E-state index contributed by atoms with van der Waals surface area (Å²) in [7, 11) is 1.51. The molecule has 0 saturated carbocycles. The van der Waals surface area contributed by atoms with Crippen molar-refractivity contribution < 1.29 is 14.7 Å². The second-order valence-corrected chi connectivity index (χ2v) is 5.02. The van der Waals surface area contributed by atoms with Crippen LogP contribution in [-0.4, -0.2) is 35.6 Å². The van der Waals surface area contributed by atoms with Gasteiger partial charge in [0, 0.05) is 18.6 Å². The highest BCUT2D eigenvalue weighted by Gasteiger charge is 2.17. The van der Waals surface area contributed by atoms with Crippen molar-refractivity contribution in [1.29, 1.82) is 0 Å². The maximum atomic E-state index is 11.8. The van der Waals surface area contributed by atoms with Gasteiger partial charge in [0.05, 0.1) is 16.6 Å². The molecule has 1 aromatic carbocycles. The molecule has 19 heavy (non-hydrogen) atoms. The van der Waals surface area contributed by atoms with Gasteiger partial charge in [-0.05, 0) is 18.2 Å². The van der Waals surface area contributed by atoms with E-state index >= 15 is 0 Å². The fraction of sp³-hybridized carbons (Fsp3) is 0.333. The fourth-order valence-corrected chi connectivity index (χ4v) is 1.83. The minimum atomic E-state index is -0.954. The molecule has 0 aromatic heterocycles. The smallest absolute Gasteiger partial charge is 0.321 e. The minimum absolute atomic E-state index is 0.104. The topological polar surface area (TPSA) is 69.6 Å². The molecule has 2 N–H and O–H groups in total. The number of carbonyl (C=O) groups is 2. The number of halogens is 2. The largest absolute Gasteiger partial charge is 0.481 e. The Hall–Kier alpha value is -1.46. The maximum absolute atomic E-state index is 11.8. The van der Waals surface area contributed by atoms with Crippen LogP contribution in [0.15, 0.2) is 18.2 Å². The summed E-state index contributed by atoms with van der Waals surface area (Å²) in [6, 6.07) is 4.26. The van der Waals surface area contributed by atoms with E-state index in [-0.39, 0.29) is 6.54 Å². The molecular formula is C12H14Cl2N2O3. The molecule has 2 amide bonds. The summed E-state index contributed by atoms with van der Waals surface area (Å²) in [6.07, 6.45) is 0. The van der Waals surface area contributed by atoms with E-state index in [1.165, 1.54) is 24.9 Å². The summed E-state index contributed by atoms with van der Waals surface area (Å²) < 4.78 is 0. The van der Waals surface area contributed by atoms with E-state index in [1.54, 1.807) is 12.1 Å². The molecule has 0 aliphatic rings. The maximum Gasteiger partial charge on any atom is 0.321 e. The number of carboxylic acid groups (broad SMARTS) is 1. The van der Waals surface area contributed by atoms with Gasteiger partial charge < -0.3 is 15.3 Å². The van der Waals surface area contributed by atoms with Gasteiger partial charge in [0.1, 0.15) is 0 Å². The molecule has 0 saturated heterocycles. The van der Waals surface area contributed by atoms with Crippen LogP contribution in [0.3, 0.4) is 0 Å². The molecule has 1 unspecified atom stereocenters. The van der Waals surface area contributed by atoms with Crippen molar-refractivity contribution in [2.45, 2.75) is 6.92 Å². The van der Waals surface area contributed by atoms with Crippen LogP contribution in [0.1, 0.15) is 6.92 Å². The molecule has 7 heteroatoms. The van der Waals surface area contributed by atoms with E-state index < -0.39 is 17.9 Å². The Morgan fingerprint density at radius 2 is 2.05 bits per heavy atom. The fourth-order valence-electron chi connectivity index (χ4n) is 1.37. The first-order chi connectivity index (χ1) is 8.81. The number of nitrogens with zero attached hydrogens (tertiary/aromatic N) is 1. The average molecular weight is 305 g/mol. The average Bonchev–Trinajstić information content (AvgIpc) is 2.32. The summed E-state index contributed by atoms with van der Waals surface area (Å²) >= 11 is 11.7. The SMILES string of the molecule is CC(CN(C)C(=O)Nc1ccc(Cl)cc1Cl)C(=O)O. The van der Waals surface area contributed by atoms with Crippen molar-refractivity contribution in [3.05, 3.63) is 28.2 Å². The predicted molar refractivity (Wildman–Crippen MR) is 74.9 cm³/mol. The third-order valence-corrected chi connectivity index (χ3v) is 3.04. The Labute approximate surface area is 121 Å². The van der Waals surface area contributed by atoms with Crippen molar-refractivity contribution in [2.24, 2.45) is 5.92 Å². The molecule has 1 aromatic rings. The predicted octanol–water partition coefficient (Wildman–Crippen LogP) is 3.18. The van der Waals surface area contributed by atoms with E-state index in [9.17, 15) is 9.59 Å². The lowest BCUT2D eigenvalue weighted by Gasteiger charge is -2.20. The van der Waals surface area contributed by atoms with Crippen molar-refractivity contribution >= 4 is 40.9 Å². The molecule has 1 atom stereocenters. The number of carbonyl (C=O) groups excluding carboxylic acids is 1. The number of rotatable bonds is 4. The number of urea groups is 1. The highest BCUT2D eigenvalue weighted by molar-refractivity contribution is 6.36. The highest BCUT2D eigenvalue weighted by atomic mass is 35.5. The molecule has 0 heterocycles. The number of benzene rings is 1. The normalized spacial score (nSPS) is 11.8. The molecular weight excluding hydrogens is 291 g/mol. The quantitative estimate of drug-likeness (QED) is 0.897. The van der Waals surface area contributed by atoms with E-state index in [2.05, 4.69) is 5.32 Å². The van der Waals surface area contributed by atoms with Crippen LogP contribution in [0.2, 0.25) is 10.0 Å². The van der Waals surface area contributed by atoms with Gasteiger partial charge >= 0.3 is 12.0 Å². The summed E-state index contributed by atoms with van der Waals surface area (Å²) in [5.41, 5.74) is 0.422. The number of amides is 2. The van der Waals surface area contributed by atoms with E-state index in [0.717, 1.165) is 0 Å². The zero-order chi connectivity index (χ0) is 14.6. The lowest BCUT2D eigenvalue weighted by Crippen LogP contribution is -2.36. The third-order valence-electron chi connectivity index (χ3n) is 2.49. The molecule has 0 aliphatic heterocycles. The standard InChI is InChI=1S/C12H14Cl2N2O3/c1-7(11(17)18)6-16(2)12(19)15-10-4-3-8(13)5-9(10)14/h3-5,7H,6H2,1-2H3,(H,15,19)(H,17,18). The summed E-state index contributed by atoms with van der Waals surface area (Å²) in [5, 5.41) is 12.2. The van der Waals surface area contributed by atoms with Gasteiger partial charge in [-0.25, -0.2) is 4.79 Å². The van der Waals surface area contributed by atoms with Gasteiger partial charge in [0.2, 0.25) is 0 Å². The minimum Gasteiger partial charge on any atom is -0.481 e. The van der Waals surface area contributed by atoms with Crippen molar-refractivity contribution in [3.8, 4) is 0 Å². The first-order valence-corrected chi connectivity index (χ1v) is 6.27. The van der Waals surface area contributed by atoms with Gasteiger partial charge in [-0.15, -0.1) is 0 Å². The molecule has 5 nitrogen and oxygen atoms in total. The van der Waals surface area contributed by atoms with Gasteiger partial charge in [-0.2, -0.15) is 0 Å². The van der Waals surface area contributed by atoms with Gasteiger partial charge in [-0.3, -0.25) is 4.79 Å². The number of hydrogen-bond donors (Lipinski definition) is 2. The van der Waals surface area contributed by atoms with Crippen LogP contribution in [0, 0.1) is 5.92 Å². The van der Waals surface area contributed by atoms with Crippen LogP contribution in [0.5, 0.6) is 0 Å². The molecule has 0 bridgehead atoms. The number of carboxylic acids is 1. The number of anilines is 1. The zero-order valence-electron chi connectivity index (χ0n) is 10.5. The lowest BCUT2D eigenvalue weighted by atomic mass is 10.2. The van der Waals surface area contributed by atoms with Crippen LogP contribution in [0.4, 0.5) is 10.5 Å². The van der Waals surface area contributed by atoms with Gasteiger partial charge in [-0.1, -0.05) is 30.1 Å². The summed E-state index contributed by atoms with van der Waals surface area (Å²) in [5.74, 6) is -1.60. The molecule has 0 spiro atoms. The molecule has 1 rings (SSSR count). The van der Waals surface area contributed by atoms with Crippen molar-refractivity contribution in [3.63, 3.8) is 0 Å². The molecule has 0 radical (unpaired) electrons. The first-order valence-electron chi connectivity index (χ1n) is 5.51. The van der Waals surface area contributed by atoms with E-state index in [1.807, 2.05) is 0 Å². The Morgan fingerprint density at radius 1 is 1.42 bits per heavy atom. The molecule has 0 aliphatic carbocycles. The summed E-state index contributed by atoms with van der Waals surface area (Å²) in [4.78, 5) is 23.8. The third kappa shape index (κ3) is 4.61. The van der Waals surface area contributed by atoms with Crippen molar-refractivity contribution in [2.75, 3.05) is 18.9 Å². The Morgan fingerprint density at radius 3 is 2.58 bits per heavy atom. The Balaban J connectivity index is 2.66. The zero-order valence-corrected chi connectivity index (χ0v) is 12.0. The van der Waals surface area contributed by atoms with Crippen molar-refractivity contribution in [1.82, 2.24) is 4.90 Å². The number of nitrogens with one attached hydrogen (secondary N) is 1. The van der Waals surface area contributed by atoms with E-state index in [0.29, 0.717) is 15.7 Å². The van der Waals surface area contributed by atoms with Gasteiger partial charge in [0.15, 0.2) is 0 Å². The Kier molecular flexibility index (Phi) is 5.44. The van der Waals surface area contributed by atoms with Crippen LogP contribution in [0.25, 0.3) is 0 Å². The van der Waals surface area contributed by atoms with Crippen LogP contribution < -0.4 is 5.32 Å². The van der Waals surface area contributed by atoms with Gasteiger partial charge in [0.25, 0.3) is 0 Å².